The summed E-state index contributed by atoms with van der Waals surface area (Å²) in [6, 6.07) is 11.4. The van der Waals surface area contributed by atoms with Crippen LogP contribution in [0.3, 0.4) is 0 Å². The minimum Gasteiger partial charge on any atom is -0.384 e. The first-order valence-electron chi connectivity index (χ1n) is 8.79. The van der Waals surface area contributed by atoms with E-state index < -0.39 is 15.9 Å². The third-order valence-electron chi connectivity index (χ3n) is 4.07. The van der Waals surface area contributed by atoms with Crippen LogP contribution in [-0.2, 0) is 10.0 Å². The van der Waals surface area contributed by atoms with Crippen LogP contribution in [-0.4, -0.2) is 38.3 Å². The average molecular weight is 410 g/mol. The molecule has 0 spiro atoms. The van der Waals surface area contributed by atoms with Crippen LogP contribution >= 0.6 is 11.6 Å². The highest BCUT2D eigenvalue weighted by Gasteiger charge is 2.23. The quantitative estimate of drug-likeness (QED) is 0.689. The zero-order valence-electron chi connectivity index (χ0n) is 15.6. The van der Waals surface area contributed by atoms with E-state index in [1.54, 1.807) is 44.2 Å². The molecule has 27 heavy (non-hydrogen) atoms. The Morgan fingerprint density at radius 3 is 2.30 bits per heavy atom. The molecule has 0 saturated heterocycles. The Morgan fingerprint density at radius 2 is 1.70 bits per heavy atom. The van der Waals surface area contributed by atoms with Crippen molar-refractivity contribution >= 4 is 38.9 Å². The predicted molar refractivity (Wildman–Crippen MR) is 110 cm³/mol. The van der Waals surface area contributed by atoms with Crippen molar-refractivity contribution < 1.29 is 13.2 Å². The number of amides is 1. The summed E-state index contributed by atoms with van der Waals surface area (Å²) in [5, 5.41) is 6.22. The Kier molecular flexibility index (Phi) is 7.24. The third kappa shape index (κ3) is 4.80. The number of sulfonamides is 1. The van der Waals surface area contributed by atoms with Crippen molar-refractivity contribution in [1.82, 2.24) is 4.31 Å². The first-order valence-corrected chi connectivity index (χ1v) is 10.6. The molecule has 146 valence electrons. The number of halogens is 1. The summed E-state index contributed by atoms with van der Waals surface area (Å²) >= 11 is 6.09. The van der Waals surface area contributed by atoms with Crippen LogP contribution in [0.15, 0.2) is 47.4 Å². The molecule has 2 rings (SSSR count). The van der Waals surface area contributed by atoms with Crippen LogP contribution in [0.2, 0.25) is 5.02 Å². The predicted octanol–water partition coefficient (Wildman–Crippen LogP) is 4.05. The van der Waals surface area contributed by atoms with Gasteiger partial charge in [-0.25, -0.2) is 8.42 Å². The number of carbonyl (C=O) groups excluding carboxylic acids is 1. The van der Waals surface area contributed by atoms with Gasteiger partial charge in [-0.15, -0.1) is 0 Å². The van der Waals surface area contributed by atoms with Gasteiger partial charge in [-0.3, -0.25) is 4.79 Å². The number of hydrogen-bond acceptors (Lipinski definition) is 4. The second-order valence-corrected chi connectivity index (χ2v) is 8.11. The maximum Gasteiger partial charge on any atom is 0.257 e. The highest BCUT2D eigenvalue weighted by Crippen LogP contribution is 2.28. The summed E-state index contributed by atoms with van der Waals surface area (Å²) in [6.45, 7) is 6.85. The molecular weight excluding hydrogens is 386 g/mol. The molecule has 0 aliphatic heterocycles. The average Bonchev–Trinajstić information content (AvgIpc) is 2.64. The molecule has 0 bridgehead atoms. The van der Waals surface area contributed by atoms with Crippen molar-refractivity contribution in [2.75, 3.05) is 30.3 Å². The normalized spacial score (nSPS) is 11.4. The van der Waals surface area contributed by atoms with Gasteiger partial charge in [-0.1, -0.05) is 37.6 Å². The lowest BCUT2D eigenvalue weighted by Gasteiger charge is -2.20. The smallest absolute Gasteiger partial charge is 0.257 e. The Bertz CT molecular complexity index is 912. The summed E-state index contributed by atoms with van der Waals surface area (Å²) in [4.78, 5) is 12.7. The van der Waals surface area contributed by atoms with Gasteiger partial charge in [0.25, 0.3) is 5.91 Å². The fraction of sp³-hybridized carbons (Fsp3) is 0.316. The van der Waals surface area contributed by atoms with Gasteiger partial charge in [0.15, 0.2) is 0 Å². The van der Waals surface area contributed by atoms with E-state index in [9.17, 15) is 13.2 Å². The summed E-state index contributed by atoms with van der Waals surface area (Å²) in [5.41, 5.74) is 1.34. The molecule has 0 saturated carbocycles. The fourth-order valence-corrected chi connectivity index (χ4v) is 4.39. The molecule has 8 heteroatoms. The van der Waals surface area contributed by atoms with Crippen molar-refractivity contribution in [3.05, 3.63) is 53.1 Å². The molecule has 0 atom stereocenters. The zero-order chi connectivity index (χ0) is 20.0. The first-order chi connectivity index (χ1) is 12.8. The standard InChI is InChI=1S/C19H24ClN3O3S/c1-4-21-17-12-11-14(27(25,26)23(5-2)6-3)13-18(17)22-19(24)15-9-7-8-10-16(15)20/h7-13,21H,4-6H2,1-3H3,(H,22,24). The van der Waals surface area contributed by atoms with Crippen molar-refractivity contribution in [2.24, 2.45) is 0 Å². The molecule has 0 radical (unpaired) electrons. The van der Waals surface area contributed by atoms with Gasteiger partial charge >= 0.3 is 0 Å². The largest absolute Gasteiger partial charge is 0.384 e. The maximum absolute atomic E-state index is 12.8. The molecule has 0 aliphatic rings. The fourth-order valence-electron chi connectivity index (χ4n) is 2.68. The SMILES string of the molecule is CCNc1ccc(S(=O)(=O)N(CC)CC)cc1NC(=O)c1ccccc1Cl. The second kappa shape index (κ2) is 9.21. The van der Waals surface area contributed by atoms with Crippen LogP contribution in [0.25, 0.3) is 0 Å². The number of nitrogens with one attached hydrogen (secondary N) is 2. The van der Waals surface area contributed by atoms with E-state index in [0.717, 1.165) is 0 Å². The number of nitrogens with zero attached hydrogens (tertiary/aromatic N) is 1. The first kappa shape index (κ1) is 21.2. The summed E-state index contributed by atoms with van der Waals surface area (Å²) in [5.74, 6) is -0.405. The van der Waals surface area contributed by atoms with Crippen molar-refractivity contribution in [1.29, 1.82) is 0 Å². The molecule has 0 fully saturated rings. The minimum atomic E-state index is -3.64. The second-order valence-electron chi connectivity index (χ2n) is 5.76. The van der Waals surface area contributed by atoms with Gasteiger partial charge in [0, 0.05) is 19.6 Å². The van der Waals surface area contributed by atoms with E-state index in [-0.39, 0.29) is 4.90 Å². The third-order valence-corrected chi connectivity index (χ3v) is 6.44. The molecule has 0 unspecified atom stereocenters. The van der Waals surface area contributed by atoms with E-state index in [1.165, 1.54) is 16.4 Å². The number of rotatable bonds is 8. The van der Waals surface area contributed by atoms with Gasteiger partial charge in [0.2, 0.25) is 10.0 Å². The van der Waals surface area contributed by atoms with E-state index in [1.807, 2.05) is 6.92 Å². The summed E-state index contributed by atoms with van der Waals surface area (Å²) < 4.78 is 27.0. The van der Waals surface area contributed by atoms with Crippen LogP contribution < -0.4 is 10.6 Å². The molecule has 2 aromatic carbocycles. The lowest BCUT2D eigenvalue weighted by atomic mass is 10.2. The van der Waals surface area contributed by atoms with Crippen LogP contribution in [0.4, 0.5) is 11.4 Å². The number of benzene rings is 2. The lowest BCUT2D eigenvalue weighted by Crippen LogP contribution is -2.30. The van der Waals surface area contributed by atoms with Gasteiger partial charge in [-0.05, 0) is 37.3 Å². The summed E-state index contributed by atoms with van der Waals surface area (Å²) in [7, 11) is -3.64. The molecule has 0 aromatic heterocycles. The molecule has 0 aliphatic carbocycles. The van der Waals surface area contributed by atoms with E-state index >= 15 is 0 Å². The minimum absolute atomic E-state index is 0.127. The van der Waals surface area contributed by atoms with E-state index in [2.05, 4.69) is 10.6 Å². The van der Waals surface area contributed by atoms with Crippen LogP contribution in [0.1, 0.15) is 31.1 Å². The number of carbonyl (C=O) groups is 1. The van der Waals surface area contributed by atoms with E-state index in [4.69, 9.17) is 11.6 Å². The molecule has 0 heterocycles. The highest BCUT2D eigenvalue weighted by atomic mass is 35.5. The van der Waals surface area contributed by atoms with Gasteiger partial charge in [0.05, 0.1) is 26.9 Å². The van der Waals surface area contributed by atoms with Crippen molar-refractivity contribution in [3.63, 3.8) is 0 Å². The molecule has 1 amide bonds. The lowest BCUT2D eigenvalue weighted by molar-refractivity contribution is 0.102. The zero-order valence-corrected chi connectivity index (χ0v) is 17.2. The topological polar surface area (TPSA) is 78.5 Å². The number of hydrogen-bond donors (Lipinski definition) is 2. The van der Waals surface area contributed by atoms with Crippen molar-refractivity contribution in [3.8, 4) is 0 Å². The monoisotopic (exact) mass is 409 g/mol. The van der Waals surface area contributed by atoms with Gasteiger partial charge in [0.1, 0.15) is 0 Å². The van der Waals surface area contributed by atoms with Gasteiger partial charge in [-0.2, -0.15) is 4.31 Å². The van der Waals surface area contributed by atoms with Crippen LogP contribution in [0, 0.1) is 0 Å². The summed E-state index contributed by atoms with van der Waals surface area (Å²) in [6.07, 6.45) is 0. The highest BCUT2D eigenvalue weighted by molar-refractivity contribution is 7.89. The Hall–Kier alpha value is -2.09. The molecule has 2 aromatic rings. The maximum atomic E-state index is 12.8. The molecular formula is C19H24ClN3O3S. The van der Waals surface area contributed by atoms with Crippen molar-refractivity contribution in [2.45, 2.75) is 25.7 Å². The Morgan fingerprint density at radius 1 is 1.04 bits per heavy atom. The van der Waals surface area contributed by atoms with E-state index in [0.29, 0.717) is 41.6 Å². The Balaban J connectivity index is 2.44. The molecule has 6 nitrogen and oxygen atoms in total. The number of anilines is 2. The van der Waals surface area contributed by atoms with Gasteiger partial charge < -0.3 is 10.6 Å². The molecule has 2 N–H and O–H groups in total. The Labute approximate surface area is 165 Å². The van der Waals surface area contributed by atoms with Crippen LogP contribution in [0.5, 0.6) is 0 Å².